The molecule has 106 valence electrons. The first-order valence-corrected chi connectivity index (χ1v) is 7.74. The third-order valence-corrected chi connectivity index (χ3v) is 4.16. The number of aryl methyl sites for hydroxylation is 1. The molecule has 1 aliphatic heterocycles. The summed E-state index contributed by atoms with van der Waals surface area (Å²) < 4.78 is 0. The van der Waals surface area contributed by atoms with E-state index in [1.165, 1.54) is 50.0 Å². The third-order valence-electron chi connectivity index (χ3n) is 4.16. The van der Waals surface area contributed by atoms with Crippen molar-refractivity contribution in [3.8, 4) is 0 Å². The lowest BCUT2D eigenvalue weighted by molar-refractivity contribution is 0.192. The predicted molar refractivity (Wildman–Crippen MR) is 82.5 cm³/mol. The van der Waals surface area contributed by atoms with Crippen LogP contribution in [0.5, 0.6) is 0 Å². The van der Waals surface area contributed by atoms with Gasteiger partial charge in [-0.15, -0.1) is 0 Å². The van der Waals surface area contributed by atoms with Crippen LogP contribution in [0.3, 0.4) is 0 Å². The highest BCUT2D eigenvalue weighted by Crippen LogP contribution is 2.18. The zero-order chi connectivity index (χ0) is 13.7. The van der Waals surface area contributed by atoms with Crippen molar-refractivity contribution < 1.29 is 0 Å². The van der Waals surface area contributed by atoms with E-state index in [4.69, 9.17) is 0 Å². The normalized spacial score (nSPS) is 19.5. The van der Waals surface area contributed by atoms with Crippen LogP contribution in [-0.2, 0) is 0 Å². The molecule has 2 nitrogen and oxygen atoms in total. The number of piperidine rings is 1. The highest BCUT2D eigenvalue weighted by atomic mass is 15.1. The van der Waals surface area contributed by atoms with E-state index in [-0.39, 0.29) is 0 Å². The van der Waals surface area contributed by atoms with Crippen molar-refractivity contribution in [1.29, 1.82) is 0 Å². The van der Waals surface area contributed by atoms with Crippen molar-refractivity contribution >= 4 is 0 Å². The maximum absolute atomic E-state index is 3.80. The van der Waals surface area contributed by atoms with Crippen LogP contribution in [0, 0.1) is 6.92 Å². The zero-order valence-electron chi connectivity index (χ0n) is 12.7. The van der Waals surface area contributed by atoms with Crippen LogP contribution < -0.4 is 5.32 Å². The Labute approximate surface area is 118 Å². The Hall–Kier alpha value is -0.860. The van der Waals surface area contributed by atoms with E-state index in [1.807, 2.05) is 0 Å². The molecule has 1 aromatic rings. The van der Waals surface area contributed by atoms with Crippen molar-refractivity contribution in [3.63, 3.8) is 0 Å². The van der Waals surface area contributed by atoms with Gasteiger partial charge in [0.2, 0.25) is 0 Å². The van der Waals surface area contributed by atoms with Gasteiger partial charge in [-0.3, -0.25) is 0 Å². The first-order valence-electron chi connectivity index (χ1n) is 7.74. The number of hydrogen-bond acceptors (Lipinski definition) is 2. The molecule has 1 aliphatic rings. The Morgan fingerprint density at radius 1 is 1.32 bits per heavy atom. The summed E-state index contributed by atoms with van der Waals surface area (Å²) in [7, 11) is 0. The maximum atomic E-state index is 3.80. The molecule has 1 heterocycles. The average molecular weight is 260 g/mol. The number of benzene rings is 1. The first-order chi connectivity index (χ1) is 9.19. The molecule has 1 aromatic carbocycles. The Bertz CT molecular complexity index is 381. The fourth-order valence-electron chi connectivity index (χ4n) is 3.03. The largest absolute Gasteiger partial charge is 0.307 e. The van der Waals surface area contributed by atoms with Gasteiger partial charge in [-0.25, -0.2) is 0 Å². The van der Waals surface area contributed by atoms with Gasteiger partial charge in [0, 0.05) is 12.1 Å². The molecule has 0 amide bonds. The zero-order valence-corrected chi connectivity index (χ0v) is 12.7. The molecule has 0 aromatic heterocycles. The predicted octanol–water partition coefficient (Wildman–Crippen LogP) is 3.52. The Morgan fingerprint density at radius 2 is 2.05 bits per heavy atom. The van der Waals surface area contributed by atoms with Gasteiger partial charge >= 0.3 is 0 Å². The molecule has 0 saturated carbocycles. The van der Waals surface area contributed by atoms with Crippen LogP contribution in [0.2, 0.25) is 0 Å². The van der Waals surface area contributed by atoms with Crippen LogP contribution in [0.1, 0.15) is 50.3 Å². The fraction of sp³-hybridized carbons (Fsp3) is 0.647. The summed E-state index contributed by atoms with van der Waals surface area (Å²) >= 11 is 0. The summed E-state index contributed by atoms with van der Waals surface area (Å²) in [4.78, 5) is 2.59. The maximum Gasteiger partial charge on any atom is 0.0294 e. The standard InChI is InChI=1S/C17H28N2/c1-4-10-19-11-8-17(9-12-19)18-15(3)16-7-5-6-14(2)13-16/h5-7,13,15,17-18H,4,8-12H2,1-3H3. The van der Waals surface area contributed by atoms with Gasteiger partial charge in [0.1, 0.15) is 0 Å². The van der Waals surface area contributed by atoms with Crippen LogP contribution in [0.4, 0.5) is 0 Å². The molecule has 1 atom stereocenters. The smallest absolute Gasteiger partial charge is 0.0294 e. The van der Waals surface area contributed by atoms with Crippen molar-refractivity contribution in [2.24, 2.45) is 0 Å². The lowest BCUT2D eigenvalue weighted by atomic mass is 10.0. The van der Waals surface area contributed by atoms with Gasteiger partial charge in [0.15, 0.2) is 0 Å². The minimum atomic E-state index is 0.461. The summed E-state index contributed by atoms with van der Waals surface area (Å²) in [5.41, 5.74) is 2.76. The van der Waals surface area contributed by atoms with Gasteiger partial charge in [0.05, 0.1) is 0 Å². The van der Waals surface area contributed by atoms with Crippen molar-refractivity contribution in [3.05, 3.63) is 35.4 Å². The quantitative estimate of drug-likeness (QED) is 0.871. The molecular weight excluding hydrogens is 232 g/mol. The van der Waals surface area contributed by atoms with Gasteiger partial charge in [-0.1, -0.05) is 36.8 Å². The lowest BCUT2D eigenvalue weighted by Gasteiger charge is -2.33. The molecule has 1 fully saturated rings. The summed E-state index contributed by atoms with van der Waals surface area (Å²) in [5, 5.41) is 3.80. The number of hydrogen-bond donors (Lipinski definition) is 1. The Balaban J connectivity index is 1.82. The van der Waals surface area contributed by atoms with E-state index in [1.54, 1.807) is 0 Å². The van der Waals surface area contributed by atoms with Gasteiger partial charge in [-0.2, -0.15) is 0 Å². The highest BCUT2D eigenvalue weighted by molar-refractivity contribution is 5.24. The summed E-state index contributed by atoms with van der Waals surface area (Å²) in [6.07, 6.45) is 3.85. The van der Waals surface area contributed by atoms with Crippen LogP contribution >= 0.6 is 0 Å². The molecule has 2 heteroatoms. The van der Waals surface area contributed by atoms with E-state index in [2.05, 4.69) is 55.3 Å². The molecule has 0 radical (unpaired) electrons. The van der Waals surface area contributed by atoms with E-state index in [0.717, 1.165) is 0 Å². The number of likely N-dealkylation sites (tertiary alicyclic amines) is 1. The van der Waals surface area contributed by atoms with E-state index in [0.29, 0.717) is 12.1 Å². The minimum absolute atomic E-state index is 0.461. The second kappa shape index (κ2) is 7.06. The number of nitrogens with one attached hydrogen (secondary N) is 1. The van der Waals surface area contributed by atoms with Crippen LogP contribution in [0.15, 0.2) is 24.3 Å². The van der Waals surface area contributed by atoms with E-state index >= 15 is 0 Å². The van der Waals surface area contributed by atoms with E-state index < -0.39 is 0 Å². The third kappa shape index (κ3) is 4.32. The fourth-order valence-corrected chi connectivity index (χ4v) is 3.03. The molecule has 0 bridgehead atoms. The SMILES string of the molecule is CCCN1CCC(NC(C)c2cccc(C)c2)CC1. The van der Waals surface area contributed by atoms with Gasteiger partial charge < -0.3 is 10.2 Å². The van der Waals surface area contributed by atoms with Gasteiger partial charge in [0.25, 0.3) is 0 Å². The molecule has 1 saturated heterocycles. The average Bonchev–Trinajstić information content (AvgIpc) is 2.41. The second-order valence-corrected chi connectivity index (χ2v) is 5.92. The molecule has 0 spiro atoms. The second-order valence-electron chi connectivity index (χ2n) is 5.92. The number of rotatable bonds is 5. The highest BCUT2D eigenvalue weighted by Gasteiger charge is 2.20. The van der Waals surface area contributed by atoms with Crippen molar-refractivity contribution in [2.45, 2.75) is 52.1 Å². The van der Waals surface area contributed by atoms with Gasteiger partial charge in [-0.05, 0) is 58.3 Å². The summed E-state index contributed by atoms with van der Waals surface area (Å²) in [5.74, 6) is 0. The first kappa shape index (κ1) is 14.5. The van der Waals surface area contributed by atoms with E-state index in [9.17, 15) is 0 Å². The Morgan fingerprint density at radius 3 is 2.68 bits per heavy atom. The minimum Gasteiger partial charge on any atom is -0.307 e. The van der Waals surface area contributed by atoms with Crippen molar-refractivity contribution in [2.75, 3.05) is 19.6 Å². The van der Waals surface area contributed by atoms with Crippen LogP contribution in [0.25, 0.3) is 0 Å². The molecule has 0 aliphatic carbocycles. The molecule has 1 unspecified atom stereocenters. The van der Waals surface area contributed by atoms with Crippen LogP contribution in [-0.4, -0.2) is 30.6 Å². The van der Waals surface area contributed by atoms with Crippen molar-refractivity contribution in [1.82, 2.24) is 10.2 Å². The summed E-state index contributed by atoms with van der Waals surface area (Å²) in [6.45, 7) is 10.5. The lowest BCUT2D eigenvalue weighted by Crippen LogP contribution is -2.43. The topological polar surface area (TPSA) is 15.3 Å². The monoisotopic (exact) mass is 260 g/mol. The Kier molecular flexibility index (Phi) is 5.41. The summed E-state index contributed by atoms with van der Waals surface area (Å²) in [6, 6.07) is 10.00. The molecule has 1 N–H and O–H groups in total. The number of nitrogens with zero attached hydrogens (tertiary/aromatic N) is 1. The molecule has 2 rings (SSSR count). The molecular formula is C17H28N2. The molecule has 19 heavy (non-hydrogen) atoms.